The van der Waals surface area contributed by atoms with Crippen molar-refractivity contribution >= 4 is 0 Å². The minimum atomic E-state index is 0.254. The molecule has 1 aromatic rings. The molecule has 0 aliphatic carbocycles. The molecule has 4 heteroatoms. The molecular formula is C11H20N2O2. The minimum absolute atomic E-state index is 0.254. The number of hydrogen-bond acceptors (Lipinski definition) is 4. The van der Waals surface area contributed by atoms with Crippen LogP contribution >= 0.6 is 0 Å². The molecule has 1 heterocycles. The molecule has 0 saturated carbocycles. The molecule has 0 spiro atoms. The van der Waals surface area contributed by atoms with Crippen molar-refractivity contribution in [1.82, 2.24) is 4.90 Å². The average molecular weight is 212 g/mol. The number of aryl methyl sites for hydroxylation is 1. The summed E-state index contributed by atoms with van der Waals surface area (Å²) in [7, 11) is 3.74. The summed E-state index contributed by atoms with van der Waals surface area (Å²) in [6.07, 6.45) is 1.71. The highest BCUT2D eigenvalue weighted by Gasteiger charge is 2.14. The van der Waals surface area contributed by atoms with E-state index in [2.05, 4.69) is 4.90 Å². The molecular weight excluding hydrogens is 192 g/mol. The van der Waals surface area contributed by atoms with Crippen LogP contribution in [0.25, 0.3) is 0 Å². The summed E-state index contributed by atoms with van der Waals surface area (Å²) in [6, 6.07) is 2.25. The SMILES string of the molecule is COCC(CN)N(C)Cc1ccoc1C. The van der Waals surface area contributed by atoms with E-state index in [9.17, 15) is 0 Å². The molecule has 1 rings (SSSR count). The number of ether oxygens (including phenoxy) is 1. The van der Waals surface area contributed by atoms with Crippen molar-refractivity contribution < 1.29 is 9.15 Å². The van der Waals surface area contributed by atoms with Crippen LogP contribution in [-0.4, -0.2) is 38.3 Å². The number of likely N-dealkylation sites (N-methyl/N-ethyl adjacent to an activating group) is 1. The van der Waals surface area contributed by atoms with Gasteiger partial charge in [0.1, 0.15) is 5.76 Å². The average Bonchev–Trinajstić information content (AvgIpc) is 2.60. The first-order valence-corrected chi connectivity index (χ1v) is 5.11. The van der Waals surface area contributed by atoms with Gasteiger partial charge in [-0.25, -0.2) is 0 Å². The zero-order valence-corrected chi connectivity index (χ0v) is 9.69. The molecule has 15 heavy (non-hydrogen) atoms. The largest absolute Gasteiger partial charge is 0.469 e. The van der Waals surface area contributed by atoms with Crippen LogP contribution in [0.1, 0.15) is 11.3 Å². The summed E-state index contributed by atoms with van der Waals surface area (Å²) in [4.78, 5) is 2.18. The maximum atomic E-state index is 5.68. The third-order valence-corrected chi connectivity index (χ3v) is 2.64. The first kappa shape index (κ1) is 12.2. The molecule has 4 nitrogen and oxygen atoms in total. The van der Waals surface area contributed by atoms with Gasteiger partial charge in [-0.1, -0.05) is 0 Å². The van der Waals surface area contributed by atoms with Crippen LogP contribution in [0.3, 0.4) is 0 Å². The predicted octanol–water partition coefficient (Wildman–Crippen LogP) is 0.994. The van der Waals surface area contributed by atoms with Crippen LogP contribution in [-0.2, 0) is 11.3 Å². The lowest BCUT2D eigenvalue weighted by molar-refractivity contribution is 0.106. The molecule has 0 aliphatic rings. The van der Waals surface area contributed by atoms with Crippen LogP contribution in [0.5, 0.6) is 0 Å². The van der Waals surface area contributed by atoms with Gasteiger partial charge in [-0.3, -0.25) is 4.90 Å². The molecule has 1 atom stereocenters. The van der Waals surface area contributed by atoms with Crippen molar-refractivity contribution in [3.05, 3.63) is 23.7 Å². The van der Waals surface area contributed by atoms with Crippen LogP contribution in [0, 0.1) is 6.92 Å². The molecule has 0 saturated heterocycles. The standard InChI is InChI=1S/C11H20N2O2/c1-9-10(4-5-15-9)7-13(2)11(6-12)8-14-3/h4-5,11H,6-8,12H2,1-3H3. The molecule has 86 valence electrons. The molecule has 0 bridgehead atoms. The lowest BCUT2D eigenvalue weighted by Gasteiger charge is -2.25. The highest BCUT2D eigenvalue weighted by Crippen LogP contribution is 2.12. The Hall–Kier alpha value is -0.840. The maximum Gasteiger partial charge on any atom is 0.105 e. The summed E-state index contributed by atoms with van der Waals surface area (Å²) in [5.74, 6) is 0.968. The van der Waals surface area contributed by atoms with E-state index in [0.717, 1.165) is 12.3 Å². The quantitative estimate of drug-likeness (QED) is 0.764. The lowest BCUT2D eigenvalue weighted by Crippen LogP contribution is -2.40. The first-order valence-electron chi connectivity index (χ1n) is 5.11. The molecule has 0 amide bonds. The zero-order valence-electron chi connectivity index (χ0n) is 9.69. The van der Waals surface area contributed by atoms with E-state index in [0.29, 0.717) is 13.2 Å². The van der Waals surface area contributed by atoms with E-state index in [1.807, 2.05) is 20.0 Å². The number of methoxy groups -OCH3 is 1. The molecule has 1 unspecified atom stereocenters. The van der Waals surface area contributed by atoms with E-state index in [1.165, 1.54) is 5.56 Å². The number of hydrogen-bond donors (Lipinski definition) is 1. The first-order chi connectivity index (χ1) is 7.19. The molecule has 1 aromatic heterocycles. The Morgan fingerprint density at radius 1 is 1.60 bits per heavy atom. The fourth-order valence-corrected chi connectivity index (χ4v) is 1.54. The van der Waals surface area contributed by atoms with Gasteiger partial charge in [-0.2, -0.15) is 0 Å². The van der Waals surface area contributed by atoms with Gasteiger partial charge < -0.3 is 14.9 Å². The second-order valence-electron chi connectivity index (χ2n) is 3.76. The number of nitrogens with two attached hydrogens (primary N) is 1. The van der Waals surface area contributed by atoms with Gasteiger partial charge in [0, 0.05) is 31.8 Å². The molecule has 2 N–H and O–H groups in total. The fourth-order valence-electron chi connectivity index (χ4n) is 1.54. The van der Waals surface area contributed by atoms with Gasteiger partial charge in [-0.05, 0) is 20.0 Å². The summed E-state index contributed by atoms with van der Waals surface area (Å²) < 4.78 is 10.4. The van der Waals surface area contributed by atoms with E-state index < -0.39 is 0 Å². The zero-order chi connectivity index (χ0) is 11.3. The van der Waals surface area contributed by atoms with Crippen molar-refractivity contribution in [3.8, 4) is 0 Å². The number of rotatable bonds is 6. The number of furan rings is 1. The van der Waals surface area contributed by atoms with Gasteiger partial charge in [0.05, 0.1) is 12.9 Å². The monoisotopic (exact) mass is 212 g/mol. The second-order valence-corrected chi connectivity index (χ2v) is 3.76. The van der Waals surface area contributed by atoms with Gasteiger partial charge in [0.2, 0.25) is 0 Å². The Labute approximate surface area is 91.0 Å². The van der Waals surface area contributed by atoms with Gasteiger partial charge >= 0.3 is 0 Å². The molecule has 0 radical (unpaired) electrons. The van der Waals surface area contributed by atoms with Crippen LogP contribution in [0.4, 0.5) is 0 Å². The van der Waals surface area contributed by atoms with Crippen molar-refractivity contribution in [2.45, 2.75) is 19.5 Å². The molecule has 0 fully saturated rings. The smallest absolute Gasteiger partial charge is 0.105 e. The lowest BCUT2D eigenvalue weighted by atomic mass is 10.2. The normalized spacial score (nSPS) is 13.4. The Kier molecular flexibility index (Phi) is 4.81. The topological polar surface area (TPSA) is 51.6 Å². The number of nitrogens with zero attached hydrogens (tertiary/aromatic N) is 1. The third-order valence-electron chi connectivity index (χ3n) is 2.64. The van der Waals surface area contributed by atoms with E-state index in [4.69, 9.17) is 14.9 Å². The van der Waals surface area contributed by atoms with E-state index in [1.54, 1.807) is 13.4 Å². The Bertz CT molecular complexity index is 286. The van der Waals surface area contributed by atoms with Crippen molar-refractivity contribution in [3.63, 3.8) is 0 Å². The van der Waals surface area contributed by atoms with E-state index >= 15 is 0 Å². The predicted molar refractivity (Wildman–Crippen MR) is 59.6 cm³/mol. The maximum absolute atomic E-state index is 5.68. The summed E-state index contributed by atoms with van der Waals surface area (Å²) in [6.45, 7) is 4.07. The highest BCUT2D eigenvalue weighted by molar-refractivity contribution is 5.15. The summed E-state index contributed by atoms with van der Waals surface area (Å²) >= 11 is 0. The summed E-state index contributed by atoms with van der Waals surface area (Å²) in [5, 5.41) is 0. The van der Waals surface area contributed by atoms with Gasteiger partial charge in [0.15, 0.2) is 0 Å². The Morgan fingerprint density at radius 2 is 2.33 bits per heavy atom. The van der Waals surface area contributed by atoms with Crippen molar-refractivity contribution in [1.29, 1.82) is 0 Å². The van der Waals surface area contributed by atoms with Crippen molar-refractivity contribution in [2.75, 3.05) is 27.3 Å². The highest BCUT2D eigenvalue weighted by atomic mass is 16.5. The second kappa shape index (κ2) is 5.90. The van der Waals surface area contributed by atoms with Gasteiger partial charge in [0.25, 0.3) is 0 Å². The summed E-state index contributed by atoms with van der Waals surface area (Å²) in [5.41, 5.74) is 6.88. The minimum Gasteiger partial charge on any atom is -0.469 e. The van der Waals surface area contributed by atoms with Crippen LogP contribution < -0.4 is 5.73 Å². The van der Waals surface area contributed by atoms with Crippen LogP contribution in [0.15, 0.2) is 16.7 Å². The Balaban J connectivity index is 2.53. The van der Waals surface area contributed by atoms with Crippen LogP contribution in [0.2, 0.25) is 0 Å². The van der Waals surface area contributed by atoms with E-state index in [-0.39, 0.29) is 6.04 Å². The van der Waals surface area contributed by atoms with Gasteiger partial charge in [-0.15, -0.1) is 0 Å². The Morgan fingerprint density at radius 3 is 2.80 bits per heavy atom. The third kappa shape index (κ3) is 3.34. The fraction of sp³-hybridized carbons (Fsp3) is 0.636. The molecule has 0 aromatic carbocycles. The van der Waals surface area contributed by atoms with Crippen molar-refractivity contribution in [2.24, 2.45) is 5.73 Å². The molecule has 0 aliphatic heterocycles.